The first-order chi connectivity index (χ1) is 35.4. The summed E-state index contributed by atoms with van der Waals surface area (Å²) in [6.45, 7) is 16.9. The van der Waals surface area contributed by atoms with Crippen LogP contribution in [-0.2, 0) is 20.9 Å². The molecule has 1 saturated carbocycles. The van der Waals surface area contributed by atoms with E-state index in [-0.39, 0.29) is 37.8 Å². The summed E-state index contributed by atoms with van der Waals surface area (Å²) < 4.78 is 21.1. The largest absolute Gasteiger partial charge is 0.493 e. The Balaban J connectivity index is 0.755. The Morgan fingerprint density at radius 2 is 1.77 bits per heavy atom. The molecule has 2 aromatic carbocycles. The number of carbonyl (C=O) groups excluding carboxylic acids is 3. The van der Waals surface area contributed by atoms with E-state index in [0.29, 0.717) is 29.8 Å². The number of hydrogen-bond donors (Lipinski definition) is 5. The number of thiazole rings is 1. The number of amides is 3. The summed E-state index contributed by atoms with van der Waals surface area (Å²) in [5.74, 6) is 0.384. The van der Waals surface area contributed by atoms with Crippen LogP contribution in [0.3, 0.4) is 0 Å². The smallest absolute Gasteiger partial charge is 0.258 e. The number of aliphatic hydroxyl groups is 1. The maximum Gasteiger partial charge on any atom is 0.258 e. The highest BCUT2D eigenvalue weighted by molar-refractivity contribution is 7.99. The highest BCUT2D eigenvalue weighted by atomic mass is 35.5. The minimum absolute atomic E-state index is 0.0490. The van der Waals surface area contributed by atoms with Crippen LogP contribution in [0.2, 0.25) is 5.02 Å². The normalized spacial score (nSPS) is 20.3. The van der Waals surface area contributed by atoms with Gasteiger partial charge >= 0.3 is 0 Å². The highest BCUT2D eigenvalue weighted by Gasteiger charge is 2.53. The summed E-state index contributed by atoms with van der Waals surface area (Å²) in [7, 11) is 0. The Labute approximate surface area is 449 Å². The van der Waals surface area contributed by atoms with E-state index in [1.807, 2.05) is 61.2 Å². The molecule has 0 bridgehead atoms. The molecule has 402 valence electrons. The molecule has 19 heteroatoms. The fourth-order valence-corrected chi connectivity index (χ4v) is 12.0. The van der Waals surface area contributed by atoms with Crippen LogP contribution in [0.25, 0.3) is 10.4 Å². The predicted molar refractivity (Wildman–Crippen MR) is 293 cm³/mol. The lowest BCUT2D eigenvalue weighted by atomic mass is 9.80. The van der Waals surface area contributed by atoms with E-state index >= 15 is 0 Å². The summed E-state index contributed by atoms with van der Waals surface area (Å²) in [4.78, 5) is 62.6. The number of β-amino-alcohol motifs (C(OH)–C–C–N with tert-alkyl or cyclic N) is 1. The second kappa shape index (κ2) is 24.6. The van der Waals surface area contributed by atoms with Crippen LogP contribution in [0.1, 0.15) is 110 Å². The molecule has 2 aromatic heterocycles. The fourth-order valence-electron chi connectivity index (χ4n) is 10.1. The molecule has 74 heavy (non-hydrogen) atoms. The third-order valence-electron chi connectivity index (χ3n) is 15.4. The van der Waals surface area contributed by atoms with Gasteiger partial charge in [-0.25, -0.2) is 19.3 Å². The summed E-state index contributed by atoms with van der Waals surface area (Å²) in [6, 6.07) is 10.0. The van der Waals surface area contributed by atoms with Crippen LogP contribution >= 0.6 is 34.7 Å². The molecule has 3 amide bonds. The Morgan fingerprint density at radius 3 is 2.45 bits per heavy atom. The molecule has 4 aromatic rings. The lowest BCUT2D eigenvalue weighted by Crippen LogP contribution is -2.59. The van der Waals surface area contributed by atoms with Gasteiger partial charge in [-0.2, -0.15) is 0 Å². The molecule has 0 spiro atoms. The van der Waals surface area contributed by atoms with Crippen molar-refractivity contribution in [3.05, 3.63) is 70.6 Å². The summed E-state index contributed by atoms with van der Waals surface area (Å²) >= 11 is 10.0. The Bertz CT molecular complexity index is 2550. The molecule has 3 atom stereocenters. The van der Waals surface area contributed by atoms with Crippen LogP contribution in [-0.4, -0.2) is 130 Å². The first-order valence-electron chi connectivity index (χ1n) is 26.5. The van der Waals surface area contributed by atoms with Gasteiger partial charge < -0.3 is 46.2 Å². The Hall–Kier alpha value is -4.59. The van der Waals surface area contributed by atoms with E-state index in [9.17, 15) is 23.9 Å². The molecular weight excluding hydrogens is 999 g/mol. The maximum atomic E-state index is 14.7. The molecular formula is C55H76ClFN10O5S2. The van der Waals surface area contributed by atoms with E-state index in [4.69, 9.17) is 32.0 Å². The average Bonchev–Trinajstić information content (AvgIpc) is 3.80. The zero-order valence-electron chi connectivity index (χ0n) is 43.8. The second-order valence-electron chi connectivity index (χ2n) is 22.3. The van der Waals surface area contributed by atoms with E-state index in [1.165, 1.54) is 16.7 Å². The van der Waals surface area contributed by atoms with E-state index < -0.39 is 47.0 Å². The zero-order chi connectivity index (χ0) is 52.6. The molecule has 5 heterocycles. The summed E-state index contributed by atoms with van der Waals surface area (Å²) in [6.07, 6.45) is 11.6. The number of nitrogens with zero attached hydrogens (tertiary/aromatic N) is 6. The van der Waals surface area contributed by atoms with Crippen LogP contribution in [0.5, 0.6) is 5.75 Å². The molecule has 0 unspecified atom stereocenters. The van der Waals surface area contributed by atoms with Crippen molar-refractivity contribution in [3.8, 4) is 16.2 Å². The number of aromatic nitrogens is 3. The second-order valence-corrected chi connectivity index (χ2v) is 24.6. The lowest BCUT2D eigenvalue weighted by molar-refractivity contribution is -0.145. The number of likely N-dealkylation sites (tertiary alicyclic amines) is 2. The fraction of sp³-hybridized carbons (Fsp3) is 0.600. The Kier molecular flexibility index (Phi) is 18.5. The van der Waals surface area contributed by atoms with Crippen molar-refractivity contribution in [1.29, 1.82) is 0 Å². The zero-order valence-corrected chi connectivity index (χ0v) is 46.2. The van der Waals surface area contributed by atoms with Gasteiger partial charge in [0.1, 0.15) is 28.7 Å². The molecule has 3 aliphatic heterocycles. The molecule has 15 nitrogen and oxygen atoms in total. The monoisotopic (exact) mass is 1070 g/mol. The molecule has 1 aliphatic carbocycles. The molecule has 3 saturated heterocycles. The number of halogens is 2. The molecule has 6 N–H and O–H groups in total. The van der Waals surface area contributed by atoms with Crippen molar-refractivity contribution in [2.24, 2.45) is 22.5 Å². The topological polar surface area (TPSA) is 191 Å². The van der Waals surface area contributed by atoms with Gasteiger partial charge in [-0.05, 0) is 125 Å². The van der Waals surface area contributed by atoms with Crippen molar-refractivity contribution >= 4 is 63.9 Å². The molecule has 4 fully saturated rings. The molecule has 8 rings (SSSR count). The van der Waals surface area contributed by atoms with Crippen LogP contribution in [0.15, 0.2) is 64.2 Å². The molecule has 0 radical (unpaired) electrons. The number of hydrogen-bond acceptors (Lipinski definition) is 14. The van der Waals surface area contributed by atoms with Gasteiger partial charge in [0.15, 0.2) is 5.67 Å². The molecule has 4 aliphatic rings. The number of aliphatic hydroxyl groups excluding tert-OH is 1. The Morgan fingerprint density at radius 1 is 1.01 bits per heavy atom. The van der Waals surface area contributed by atoms with E-state index in [0.717, 1.165) is 134 Å². The maximum absolute atomic E-state index is 14.7. The van der Waals surface area contributed by atoms with Gasteiger partial charge in [-0.1, -0.05) is 82.1 Å². The predicted octanol–water partition coefficient (Wildman–Crippen LogP) is 8.65. The number of rotatable bonds is 22. The SMILES string of the molecule is Cc1ncsc1-c1ccc(CNC(=O)[C@@H]2C[C@@H](O)CN2C(=O)[C@@H](NC(=O)C2(F)CC2)C(C)(C)C)c(OCCCCCCN2CCC(CNc3cccc(Sc4cnc(N5CCC(C)(CN)CC5)cn4)c3Cl)CC2)c1. The van der Waals surface area contributed by atoms with Crippen molar-refractivity contribution in [2.75, 3.05) is 69.2 Å². The highest BCUT2D eigenvalue weighted by Crippen LogP contribution is 2.41. The average molecular weight is 1080 g/mol. The first-order valence-corrected chi connectivity index (χ1v) is 28.6. The van der Waals surface area contributed by atoms with Gasteiger partial charge in [0, 0.05) is 49.6 Å². The number of ether oxygens (including phenoxy) is 1. The third kappa shape index (κ3) is 14.3. The van der Waals surface area contributed by atoms with Crippen molar-refractivity contribution in [2.45, 2.75) is 146 Å². The number of piperidine rings is 2. The quantitative estimate of drug-likeness (QED) is 0.0471. The number of nitrogens with two attached hydrogens (primary N) is 1. The van der Waals surface area contributed by atoms with Crippen LogP contribution in [0, 0.1) is 23.7 Å². The van der Waals surface area contributed by atoms with Gasteiger partial charge in [0.05, 0.1) is 51.9 Å². The van der Waals surface area contributed by atoms with Crippen molar-refractivity contribution in [1.82, 2.24) is 35.4 Å². The van der Waals surface area contributed by atoms with Gasteiger partial charge in [-0.15, -0.1) is 11.3 Å². The lowest BCUT2D eigenvalue weighted by Gasteiger charge is -2.39. The van der Waals surface area contributed by atoms with Gasteiger partial charge in [-0.3, -0.25) is 14.4 Å². The van der Waals surface area contributed by atoms with Crippen molar-refractivity contribution < 1.29 is 28.6 Å². The van der Waals surface area contributed by atoms with Crippen molar-refractivity contribution in [3.63, 3.8) is 0 Å². The third-order valence-corrected chi connectivity index (χ3v) is 17.8. The standard InChI is InChI=1S/C55H76ClFN10O5S2/c1-36-48(73-35-63-36)38-13-14-39(30-62-50(69)42-28-40(68)33-67(42)51(70)49(53(2,3)4)64-52(71)55(57)17-18-55)43(27-38)72-26-9-7-6-8-21-65-22-15-37(16-23-65)29-59-41-11-10-12-44(47(41)56)74-46-32-60-45(31-61-46)66-24-19-54(5,34-58)20-25-66/h10-14,27,31-32,35,37,40,42,49,59,68H,6-9,15-26,28-30,33-34,58H2,1-5H3,(H,62,69)(H,64,71)/t40-,42+,49-/m1/s1. The number of alkyl halides is 1. The van der Waals surface area contributed by atoms with E-state index in [2.05, 4.69) is 37.7 Å². The number of aryl methyl sites for hydroxylation is 1. The number of benzene rings is 2. The van der Waals surface area contributed by atoms with Gasteiger partial charge in [0.2, 0.25) is 11.8 Å². The number of anilines is 2. The first kappa shape index (κ1) is 55.6. The van der Waals surface area contributed by atoms with Crippen LogP contribution in [0.4, 0.5) is 15.9 Å². The summed E-state index contributed by atoms with van der Waals surface area (Å²) in [5.41, 5.74) is 8.94. The minimum atomic E-state index is -1.96. The van der Waals surface area contributed by atoms with E-state index in [1.54, 1.807) is 32.1 Å². The number of unbranched alkanes of at least 4 members (excludes halogenated alkanes) is 3. The number of nitrogens with one attached hydrogen (secondary N) is 3. The van der Waals surface area contributed by atoms with Gasteiger partial charge in [0.25, 0.3) is 5.91 Å². The summed E-state index contributed by atoms with van der Waals surface area (Å²) in [5, 5.41) is 21.4. The minimum Gasteiger partial charge on any atom is -0.493 e. The number of carbonyl (C=O) groups is 3. The van der Waals surface area contributed by atoms with Crippen LogP contribution < -0.4 is 31.3 Å².